The van der Waals surface area contributed by atoms with Crippen molar-refractivity contribution in [1.29, 1.82) is 0 Å². The highest BCUT2D eigenvalue weighted by Gasteiger charge is 2.24. The van der Waals surface area contributed by atoms with Crippen LogP contribution in [-0.2, 0) is 0 Å². The van der Waals surface area contributed by atoms with Crippen LogP contribution in [0.5, 0.6) is 0 Å². The normalized spacial score (nSPS) is 19.6. The Balaban J connectivity index is 2.31. The van der Waals surface area contributed by atoms with E-state index < -0.39 is 5.97 Å². The first-order valence-corrected chi connectivity index (χ1v) is 6.20. The van der Waals surface area contributed by atoms with Crippen LogP contribution in [0, 0.1) is 12.8 Å². The van der Waals surface area contributed by atoms with Gasteiger partial charge in [0, 0.05) is 13.1 Å². The maximum atomic E-state index is 11.2. The summed E-state index contributed by atoms with van der Waals surface area (Å²) in [4.78, 5) is 13.4. The molecule has 3 nitrogen and oxygen atoms in total. The van der Waals surface area contributed by atoms with Crippen LogP contribution in [0.3, 0.4) is 0 Å². The van der Waals surface area contributed by atoms with Crippen molar-refractivity contribution in [3.8, 4) is 0 Å². The largest absolute Gasteiger partial charge is 0.478 e. The third-order valence-electron chi connectivity index (χ3n) is 3.59. The van der Waals surface area contributed by atoms with Gasteiger partial charge in [0.15, 0.2) is 0 Å². The van der Waals surface area contributed by atoms with Crippen molar-refractivity contribution in [1.82, 2.24) is 0 Å². The number of rotatable bonds is 3. The maximum Gasteiger partial charge on any atom is 0.337 e. The molecule has 0 bridgehead atoms. The number of aromatic carboxylic acids is 1. The van der Waals surface area contributed by atoms with Crippen molar-refractivity contribution in [3.05, 3.63) is 29.3 Å². The number of anilines is 1. The Morgan fingerprint density at radius 3 is 2.88 bits per heavy atom. The van der Waals surface area contributed by atoms with E-state index in [2.05, 4.69) is 11.8 Å². The molecule has 1 saturated heterocycles. The quantitative estimate of drug-likeness (QED) is 0.872. The molecule has 17 heavy (non-hydrogen) atoms. The molecule has 1 N–H and O–H groups in total. The molecule has 1 aliphatic heterocycles. The average molecular weight is 233 g/mol. The topological polar surface area (TPSA) is 40.5 Å². The van der Waals surface area contributed by atoms with Crippen molar-refractivity contribution < 1.29 is 9.90 Å². The number of hydrogen-bond donors (Lipinski definition) is 1. The summed E-state index contributed by atoms with van der Waals surface area (Å²) in [6.45, 7) is 6.16. The Bertz CT molecular complexity index is 428. The van der Waals surface area contributed by atoms with Gasteiger partial charge < -0.3 is 10.0 Å². The highest BCUT2D eigenvalue weighted by Crippen LogP contribution is 2.29. The summed E-state index contributed by atoms with van der Waals surface area (Å²) >= 11 is 0. The third-order valence-corrected chi connectivity index (χ3v) is 3.59. The first-order chi connectivity index (χ1) is 8.11. The lowest BCUT2D eigenvalue weighted by molar-refractivity contribution is 0.0697. The zero-order valence-corrected chi connectivity index (χ0v) is 10.4. The van der Waals surface area contributed by atoms with Gasteiger partial charge in [0.2, 0.25) is 0 Å². The lowest BCUT2D eigenvalue weighted by atomic mass is 10.1. The van der Waals surface area contributed by atoms with Gasteiger partial charge in [-0.25, -0.2) is 4.79 Å². The SMILES string of the molecule is CCC1CCN(c2cc(C)ccc2C(=O)O)C1. The van der Waals surface area contributed by atoms with Crippen LogP contribution < -0.4 is 4.90 Å². The van der Waals surface area contributed by atoms with Crippen LogP contribution in [0.25, 0.3) is 0 Å². The summed E-state index contributed by atoms with van der Waals surface area (Å²) in [5.41, 5.74) is 2.42. The summed E-state index contributed by atoms with van der Waals surface area (Å²) < 4.78 is 0. The van der Waals surface area contributed by atoms with E-state index in [0.29, 0.717) is 11.5 Å². The molecule has 1 fully saturated rings. The highest BCUT2D eigenvalue weighted by atomic mass is 16.4. The summed E-state index contributed by atoms with van der Waals surface area (Å²) in [6.07, 6.45) is 2.34. The van der Waals surface area contributed by atoms with Crippen LogP contribution in [0.1, 0.15) is 35.7 Å². The van der Waals surface area contributed by atoms with E-state index in [9.17, 15) is 9.90 Å². The summed E-state index contributed by atoms with van der Waals surface area (Å²) in [6, 6.07) is 5.56. The van der Waals surface area contributed by atoms with Crippen molar-refractivity contribution in [2.45, 2.75) is 26.7 Å². The van der Waals surface area contributed by atoms with Gasteiger partial charge in [-0.15, -0.1) is 0 Å². The molecule has 1 heterocycles. The summed E-state index contributed by atoms with van der Waals surface area (Å²) in [5.74, 6) is -0.128. The minimum atomic E-state index is -0.833. The molecule has 2 rings (SSSR count). The van der Waals surface area contributed by atoms with Crippen LogP contribution in [0.4, 0.5) is 5.69 Å². The predicted molar refractivity (Wildman–Crippen MR) is 68.7 cm³/mol. The molecule has 0 radical (unpaired) electrons. The number of carbonyl (C=O) groups is 1. The number of aryl methyl sites for hydroxylation is 1. The fraction of sp³-hybridized carbons (Fsp3) is 0.500. The fourth-order valence-corrected chi connectivity index (χ4v) is 2.47. The van der Waals surface area contributed by atoms with E-state index in [1.54, 1.807) is 6.07 Å². The second-order valence-corrected chi connectivity index (χ2v) is 4.83. The monoisotopic (exact) mass is 233 g/mol. The van der Waals surface area contributed by atoms with E-state index in [1.807, 2.05) is 19.1 Å². The lowest BCUT2D eigenvalue weighted by Crippen LogP contribution is -2.22. The van der Waals surface area contributed by atoms with Gasteiger partial charge in [-0.1, -0.05) is 19.4 Å². The van der Waals surface area contributed by atoms with E-state index in [0.717, 1.165) is 24.3 Å². The Morgan fingerprint density at radius 2 is 2.29 bits per heavy atom. The van der Waals surface area contributed by atoms with Gasteiger partial charge in [-0.3, -0.25) is 0 Å². The van der Waals surface area contributed by atoms with E-state index >= 15 is 0 Å². The molecule has 1 atom stereocenters. The first-order valence-electron chi connectivity index (χ1n) is 6.20. The standard InChI is InChI=1S/C14H19NO2/c1-3-11-6-7-15(9-11)13-8-10(2)4-5-12(13)14(16)17/h4-5,8,11H,3,6-7,9H2,1-2H3,(H,16,17). The maximum absolute atomic E-state index is 11.2. The lowest BCUT2D eigenvalue weighted by Gasteiger charge is -2.21. The van der Waals surface area contributed by atoms with Crippen LogP contribution in [-0.4, -0.2) is 24.2 Å². The Hall–Kier alpha value is -1.51. The molecular weight excluding hydrogens is 214 g/mol. The Kier molecular flexibility index (Phi) is 3.36. The molecule has 1 aromatic carbocycles. The smallest absolute Gasteiger partial charge is 0.337 e. The molecule has 1 unspecified atom stereocenters. The summed E-state index contributed by atoms with van der Waals surface area (Å²) in [7, 11) is 0. The van der Waals surface area contributed by atoms with Crippen LogP contribution >= 0.6 is 0 Å². The van der Waals surface area contributed by atoms with Gasteiger partial charge in [-0.2, -0.15) is 0 Å². The van der Waals surface area contributed by atoms with E-state index in [1.165, 1.54) is 12.8 Å². The zero-order chi connectivity index (χ0) is 12.4. The minimum absolute atomic E-state index is 0.423. The number of carboxylic acids is 1. The Labute approximate surface area is 102 Å². The van der Waals surface area contributed by atoms with Crippen LogP contribution in [0.2, 0.25) is 0 Å². The summed E-state index contributed by atoms with van der Waals surface area (Å²) in [5, 5.41) is 9.21. The molecule has 1 aliphatic rings. The molecule has 0 aliphatic carbocycles. The number of carboxylic acid groups (broad SMARTS) is 1. The van der Waals surface area contributed by atoms with Gasteiger partial charge in [0.05, 0.1) is 11.3 Å². The van der Waals surface area contributed by atoms with Gasteiger partial charge in [0.25, 0.3) is 0 Å². The van der Waals surface area contributed by atoms with E-state index in [4.69, 9.17) is 0 Å². The predicted octanol–water partition coefficient (Wildman–Crippen LogP) is 2.93. The second kappa shape index (κ2) is 4.78. The molecule has 92 valence electrons. The van der Waals surface area contributed by atoms with Gasteiger partial charge in [0.1, 0.15) is 0 Å². The van der Waals surface area contributed by atoms with Crippen LogP contribution in [0.15, 0.2) is 18.2 Å². The molecule has 3 heteroatoms. The third kappa shape index (κ3) is 2.43. The fourth-order valence-electron chi connectivity index (χ4n) is 2.47. The highest BCUT2D eigenvalue weighted by molar-refractivity contribution is 5.94. The van der Waals surface area contributed by atoms with E-state index in [-0.39, 0.29) is 0 Å². The van der Waals surface area contributed by atoms with Crippen molar-refractivity contribution in [2.75, 3.05) is 18.0 Å². The number of nitrogens with zero attached hydrogens (tertiary/aromatic N) is 1. The number of benzene rings is 1. The zero-order valence-electron chi connectivity index (χ0n) is 10.4. The first kappa shape index (κ1) is 12.0. The van der Waals surface area contributed by atoms with Crippen molar-refractivity contribution >= 4 is 11.7 Å². The molecule has 0 saturated carbocycles. The minimum Gasteiger partial charge on any atom is -0.478 e. The molecule has 1 aromatic rings. The number of hydrogen-bond acceptors (Lipinski definition) is 2. The van der Waals surface area contributed by atoms with Crippen molar-refractivity contribution in [2.24, 2.45) is 5.92 Å². The molecule has 0 amide bonds. The van der Waals surface area contributed by atoms with Gasteiger partial charge in [-0.05, 0) is 37.0 Å². The second-order valence-electron chi connectivity index (χ2n) is 4.83. The molecule has 0 spiro atoms. The molecule has 0 aromatic heterocycles. The Morgan fingerprint density at radius 1 is 1.53 bits per heavy atom. The average Bonchev–Trinajstić information content (AvgIpc) is 2.76. The van der Waals surface area contributed by atoms with Gasteiger partial charge >= 0.3 is 5.97 Å². The van der Waals surface area contributed by atoms with Crippen molar-refractivity contribution in [3.63, 3.8) is 0 Å². The molecular formula is C14H19NO2.